The molecule has 0 unspecified atom stereocenters. The normalized spacial score (nSPS) is 11.2. The number of amides is 1. The van der Waals surface area contributed by atoms with Crippen LogP contribution >= 0.6 is 23.2 Å². The third kappa shape index (κ3) is 4.69. The standard InChI is InChI=1S/C14H17Cl2NO3/c1-14(2,13(19)20)7-12(18)17(3)8-9-4-10(15)6-11(16)5-9/h4-6H,7-8H2,1-3H3,(H,19,20). The molecule has 1 amide bonds. The summed E-state index contributed by atoms with van der Waals surface area (Å²) in [7, 11) is 1.62. The Bertz CT molecular complexity index is 509. The summed E-state index contributed by atoms with van der Waals surface area (Å²) < 4.78 is 0. The van der Waals surface area contributed by atoms with Crippen LogP contribution in [-0.2, 0) is 16.1 Å². The Labute approximate surface area is 128 Å². The maximum atomic E-state index is 12.0. The van der Waals surface area contributed by atoms with E-state index in [2.05, 4.69) is 0 Å². The van der Waals surface area contributed by atoms with Crippen LogP contribution in [0.25, 0.3) is 0 Å². The van der Waals surface area contributed by atoms with Crippen molar-refractivity contribution in [1.82, 2.24) is 4.90 Å². The lowest BCUT2D eigenvalue weighted by Crippen LogP contribution is -2.34. The monoisotopic (exact) mass is 317 g/mol. The number of carboxylic acids is 1. The van der Waals surface area contributed by atoms with Gasteiger partial charge < -0.3 is 10.0 Å². The Morgan fingerprint density at radius 1 is 1.20 bits per heavy atom. The number of carboxylic acid groups (broad SMARTS) is 1. The lowest BCUT2D eigenvalue weighted by molar-refractivity contribution is -0.151. The Kier molecular flexibility index (Phi) is 5.42. The van der Waals surface area contributed by atoms with Crippen molar-refractivity contribution in [1.29, 1.82) is 0 Å². The number of nitrogens with zero attached hydrogens (tertiary/aromatic N) is 1. The summed E-state index contributed by atoms with van der Waals surface area (Å²) in [6, 6.07) is 5.06. The van der Waals surface area contributed by atoms with Gasteiger partial charge in [0.2, 0.25) is 5.91 Å². The van der Waals surface area contributed by atoms with Gasteiger partial charge in [0, 0.05) is 30.1 Å². The average Bonchev–Trinajstić information content (AvgIpc) is 2.26. The van der Waals surface area contributed by atoms with Crippen LogP contribution < -0.4 is 0 Å². The molecule has 1 rings (SSSR count). The maximum Gasteiger partial charge on any atom is 0.309 e. The third-order valence-electron chi connectivity index (χ3n) is 2.94. The molecule has 110 valence electrons. The number of carbonyl (C=O) groups excluding carboxylic acids is 1. The minimum Gasteiger partial charge on any atom is -0.481 e. The van der Waals surface area contributed by atoms with Crippen molar-refractivity contribution in [3.8, 4) is 0 Å². The number of aliphatic carboxylic acids is 1. The molecular weight excluding hydrogens is 301 g/mol. The molecule has 0 bridgehead atoms. The van der Waals surface area contributed by atoms with Crippen LogP contribution in [0.4, 0.5) is 0 Å². The first-order chi connectivity index (χ1) is 9.11. The zero-order valence-corrected chi connectivity index (χ0v) is 13.1. The number of benzene rings is 1. The molecule has 4 nitrogen and oxygen atoms in total. The molecule has 1 aromatic carbocycles. The summed E-state index contributed by atoms with van der Waals surface area (Å²) in [5, 5.41) is 10.0. The van der Waals surface area contributed by atoms with E-state index >= 15 is 0 Å². The topological polar surface area (TPSA) is 57.6 Å². The molecule has 0 atom stereocenters. The van der Waals surface area contributed by atoms with E-state index in [-0.39, 0.29) is 12.3 Å². The molecule has 0 aromatic heterocycles. The lowest BCUT2D eigenvalue weighted by atomic mass is 9.89. The van der Waals surface area contributed by atoms with Gasteiger partial charge in [-0.05, 0) is 37.6 Å². The van der Waals surface area contributed by atoms with Gasteiger partial charge >= 0.3 is 5.97 Å². The van der Waals surface area contributed by atoms with Crippen LogP contribution in [0.2, 0.25) is 10.0 Å². The first kappa shape index (κ1) is 16.8. The summed E-state index contributed by atoms with van der Waals surface area (Å²) in [6.07, 6.45) is -0.0624. The summed E-state index contributed by atoms with van der Waals surface area (Å²) >= 11 is 11.8. The highest BCUT2D eigenvalue weighted by molar-refractivity contribution is 6.34. The molecule has 0 spiro atoms. The van der Waals surface area contributed by atoms with Crippen LogP contribution in [0, 0.1) is 5.41 Å². The van der Waals surface area contributed by atoms with Crippen molar-refractivity contribution in [2.75, 3.05) is 7.05 Å². The molecule has 1 N–H and O–H groups in total. The highest BCUT2D eigenvalue weighted by Gasteiger charge is 2.31. The highest BCUT2D eigenvalue weighted by atomic mass is 35.5. The van der Waals surface area contributed by atoms with Crippen LogP contribution in [0.15, 0.2) is 18.2 Å². The van der Waals surface area contributed by atoms with Crippen LogP contribution in [-0.4, -0.2) is 28.9 Å². The molecule has 0 saturated carbocycles. The van der Waals surface area contributed by atoms with Gasteiger partial charge in [-0.15, -0.1) is 0 Å². The van der Waals surface area contributed by atoms with Crippen molar-refractivity contribution in [3.63, 3.8) is 0 Å². The van der Waals surface area contributed by atoms with E-state index in [4.69, 9.17) is 28.3 Å². The van der Waals surface area contributed by atoms with Gasteiger partial charge in [0.1, 0.15) is 0 Å². The van der Waals surface area contributed by atoms with E-state index in [0.717, 1.165) is 5.56 Å². The number of carbonyl (C=O) groups is 2. The second-order valence-corrected chi connectivity index (χ2v) is 6.27. The molecule has 20 heavy (non-hydrogen) atoms. The van der Waals surface area contributed by atoms with Crippen LogP contribution in [0.1, 0.15) is 25.8 Å². The molecule has 0 aliphatic heterocycles. The molecule has 0 radical (unpaired) electrons. The molecule has 0 fully saturated rings. The SMILES string of the molecule is CN(Cc1cc(Cl)cc(Cl)c1)C(=O)CC(C)(C)C(=O)O. The van der Waals surface area contributed by atoms with E-state index in [0.29, 0.717) is 16.6 Å². The smallest absolute Gasteiger partial charge is 0.309 e. The molecule has 1 aromatic rings. The maximum absolute atomic E-state index is 12.0. The first-order valence-corrected chi connectivity index (χ1v) is 6.80. The summed E-state index contributed by atoms with van der Waals surface area (Å²) in [5.41, 5.74) is -0.288. The predicted molar refractivity (Wildman–Crippen MR) is 79.0 cm³/mol. The largest absolute Gasteiger partial charge is 0.481 e. The van der Waals surface area contributed by atoms with Crippen LogP contribution in [0.5, 0.6) is 0 Å². The van der Waals surface area contributed by atoms with Gasteiger partial charge in [-0.1, -0.05) is 23.2 Å². The van der Waals surface area contributed by atoms with Gasteiger partial charge in [-0.3, -0.25) is 9.59 Å². The van der Waals surface area contributed by atoms with Gasteiger partial charge in [0.25, 0.3) is 0 Å². The summed E-state index contributed by atoms with van der Waals surface area (Å²) in [6.45, 7) is 3.38. The van der Waals surface area contributed by atoms with Gasteiger partial charge in [-0.2, -0.15) is 0 Å². The Balaban J connectivity index is 2.73. The zero-order valence-electron chi connectivity index (χ0n) is 11.6. The van der Waals surface area contributed by atoms with E-state index in [1.165, 1.54) is 18.7 Å². The summed E-state index contributed by atoms with van der Waals surface area (Å²) in [5.74, 6) is -1.24. The van der Waals surface area contributed by atoms with E-state index in [9.17, 15) is 9.59 Å². The fourth-order valence-electron chi connectivity index (χ4n) is 1.65. The lowest BCUT2D eigenvalue weighted by Gasteiger charge is -2.23. The molecule has 0 saturated heterocycles. The van der Waals surface area contributed by atoms with Gasteiger partial charge in [0.15, 0.2) is 0 Å². The van der Waals surface area contributed by atoms with Crippen LogP contribution in [0.3, 0.4) is 0 Å². The second kappa shape index (κ2) is 6.46. The molecular formula is C14H17Cl2NO3. The zero-order chi connectivity index (χ0) is 15.5. The first-order valence-electron chi connectivity index (χ1n) is 6.04. The van der Waals surface area contributed by atoms with Crippen molar-refractivity contribution in [3.05, 3.63) is 33.8 Å². The van der Waals surface area contributed by atoms with E-state index < -0.39 is 11.4 Å². The van der Waals surface area contributed by atoms with Crippen molar-refractivity contribution >= 4 is 35.1 Å². The Hall–Kier alpha value is -1.26. The molecule has 0 aliphatic carbocycles. The van der Waals surface area contributed by atoms with E-state index in [1.807, 2.05) is 0 Å². The predicted octanol–water partition coefficient (Wildman–Crippen LogP) is 3.45. The number of hydrogen-bond donors (Lipinski definition) is 1. The second-order valence-electron chi connectivity index (χ2n) is 5.39. The summed E-state index contributed by atoms with van der Waals surface area (Å²) in [4.78, 5) is 24.5. The number of rotatable bonds is 5. The quantitative estimate of drug-likeness (QED) is 0.904. The van der Waals surface area contributed by atoms with Crippen molar-refractivity contribution in [2.45, 2.75) is 26.8 Å². The van der Waals surface area contributed by atoms with Crippen molar-refractivity contribution in [2.24, 2.45) is 5.41 Å². The minimum absolute atomic E-state index is 0.0624. The highest BCUT2D eigenvalue weighted by Crippen LogP contribution is 2.23. The van der Waals surface area contributed by atoms with Gasteiger partial charge in [-0.25, -0.2) is 0 Å². The number of halogens is 2. The fourth-order valence-corrected chi connectivity index (χ4v) is 2.22. The van der Waals surface area contributed by atoms with Crippen molar-refractivity contribution < 1.29 is 14.7 Å². The molecule has 6 heteroatoms. The van der Waals surface area contributed by atoms with Gasteiger partial charge in [0.05, 0.1) is 5.41 Å². The molecule has 0 heterocycles. The third-order valence-corrected chi connectivity index (χ3v) is 3.38. The number of hydrogen-bond acceptors (Lipinski definition) is 2. The fraction of sp³-hybridized carbons (Fsp3) is 0.429. The molecule has 0 aliphatic rings. The Morgan fingerprint density at radius 2 is 1.70 bits per heavy atom. The minimum atomic E-state index is -1.09. The van der Waals surface area contributed by atoms with E-state index in [1.54, 1.807) is 25.2 Å². The Morgan fingerprint density at radius 3 is 2.15 bits per heavy atom. The average molecular weight is 318 g/mol.